The van der Waals surface area contributed by atoms with Gasteiger partial charge >= 0.3 is 5.97 Å². The lowest BCUT2D eigenvalue weighted by Crippen LogP contribution is -2.26. The van der Waals surface area contributed by atoms with Crippen molar-refractivity contribution in [3.05, 3.63) is 23.8 Å². The number of carbonyl (C=O) groups is 1. The summed E-state index contributed by atoms with van der Waals surface area (Å²) < 4.78 is 21.1. The summed E-state index contributed by atoms with van der Waals surface area (Å²) in [6.07, 6.45) is 1.86. The first-order chi connectivity index (χ1) is 9.24. The molecule has 0 radical (unpaired) electrons. The third kappa shape index (κ3) is 3.38. The van der Waals surface area contributed by atoms with E-state index in [4.69, 9.17) is 14.2 Å². The lowest BCUT2D eigenvalue weighted by atomic mass is 10.1. The van der Waals surface area contributed by atoms with E-state index in [0.29, 0.717) is 30.3 Å². The molecule has 1 heterocycles. The molecule has 1 saturated heterocycles. The third-order valence-corrected chi connectivity index (χ3v) is 3.05. The maximum Gasteiger partial charge on any atom is 0.337 e. The number of hydrogen-bond acceptors (Lipinski definition) is 5. The van der Waals surface area contributed by atoms with Gasteiger partial charge in [0, 0.05) is 12.8 Å². The topological polar surface area (TPSA) is 54.0 Å². The summed E-state index contributed by atoms with van der Waals surface area (Å²) in [6.45, 7) is 1.43. The van der Waals surface area contributed by atoms with Gasteiger partial charge in [-0.1, -0.05) is 0 Å². The zero-order chi connectivity index (χ0) is 13.7. The van der Waals surface area contributed by atoms with E-state index in [9.17, 15) is 4.79 Å². The van der Waals surface area contributed by atoms with Gasteiger partial charge in [-0.2, -0.15) is 0 Å². The second-order valence-electron chi connectivity index (χ2n) is 4.29. The Morgan fingerprint density at radius 3 is 2.58 bits per heavy atom. The highest BCUT2D eigenvalue weighted by atomic mass is 16.5. The maximum atomic E-state index is 11.4. The number of carbonyl (C=O) groups excluding carboxylic acids is 1. The minimum absolute atomic E-state index is 0.131. The third-order valence-electron chi connectivity index (χ3n) is 3.05. The van der Waals surface area contributed by atoms with Crippen molar-refractivity contribution in [2.24, 2.45) is 0 Å². The Bertz CT molecular complexity index is 437. The molecule has 0 amide bonds. The van der Waals surface area contributed by atoms with Crippen LogP contribution in [0.4, 0.5) is 0 Å². The van der Waals surface area contributed by atoms with Crippen LogP contribution in [0.3, 0.4) is 0 Å². The van der Waals surface area contributed by atoms with Crippen LogP contribution in [0.25, 0.3) is 0 Å². The molecule has 1 fully saturated rings. The number of methoxy groups -OCH3 is 2. The molecule has 5 nitrogen and oxygen atoms in total. The van der Waals surface area contributed by atoms with Crippen LogP contribution >= 0.6 is 0 Å². The maximum absolute atomic E-state index is 11.4. The normalized spacial score (nSPS) is 15.9. The van der Waals surface area contributed by atoms with E-state index in [1.807, 2.05) is 0 Å². The van der Waals surface area contributed by atoms with E-state index < -0.39 is 5.97 Å². The first kappa shape index (κ1) is 13.7. The lowest BCUT2D eigenvalue weighted by Gasteiger charge is -2.24. The van der Waals surface area contributed by atoms with E-state index >= 15 is 0 Å². The fourth-order valence-corrected chi connectivity index (χ4v) is 1.98. The summed E-state index contributed by atoms with van der Waals surface area (Å²) in [5.41, 5.74) is 0.443. The largest absolute Gasteiger partial charge is 0.493 e. The molecule has 5 heteroatoms. The predicted octanol–water partition coefficient (Wildman–Crippen LogP) is 2.04. The Kier molecular flexibility index (Phi) is 4.63. The van der Waals surface area contributed by atoms with Gasteiger partial charge < -0.3 is 18.9 Å². The van der Waals surface area contributed by atoms with Crippen molar-refractivity contribution in [1.29, 1.82) is 0 Å². The predicted molar refractivity (Wildman–Crippen MR) is 68.8 cm³/mol. The number of rotatable bonds is 4. The Morgan fingerprint density at radius 2 is 1.95 bits per heavy atom. The van der Waals surface area contributed by atoms with Crippen molar-refractivity contribution < 1.29 is 23.7 Å². The first-order valence-corrected chi connectivity index (χ1v) is 6.25. The summed E-state index contributed by atoms with van der Waals surface area (Å²) >= 11 is 0. The van der Waals surface area contributed by atoms with E-state index in [2.05, 4.69) is 4.74 Å². The summed E-state index contributed by atoms with van der Waals surface area (Å²) in [6, 6.07) is 5.03. The minimum atomic E-state index is -0.393. The van der Waals surface area contributed by atoms with Crippen LogP contribution in [0.1, 0.15) is 23.2 Å². The molecule has 0 aromatic heterocycles. The Balaban J connectivity index is 2.13. The summed E-state index contributed by atoms with van der Waals surface area (Å²) in [5.74, 6) is 0.785. The molecule has 1 aliphatic rings. The van der Waals surface area contributed by atoms with E-state index in [1.165, 1.54) is 7.11 Å². The molecular formula is C14H18O5. The zero-order valence-electron chi connectivity index (χ0n) is 11.2. The highest BCUT2D eigenvalue weighted by Crippen LogP contribution is 2.30. The lowest BCUT2D eigenvalue weighted by molar-refractivity contribution is 0.0245. The summed E-state index contributed by atoms with van der Waals surface area (Å²) in [7, 11) is 2.90. The molecule has 0 saturated carbocycles. The molecule has 0 N–H and O–H groups in total. The van der Waals surface area contributed by atoms with Crippen LogP contribution in [0.5, 0.6) is 11.5 Å². The molecule has 0 atom stereocenters. The number of ether oxygens (including phenoxy) is 4. The molecule has 2 rings (SSSR count). The van der Waals surface area contributed by atoms with E-state index in [-0.39, 0.29) is 6.10 Å². The molecule has 19 heavy (non-hydrogen) atoms. The van der Waals surface area contributed by atoms with Crippen LogP contribution in [-0.2, 0) is 9.47 Å². The fourth-order valence-electron chi connectivity index (χ4n) is 1.98. The SMILES string of the molecule is COC(=O)c1ccc(OC2CCOCC2)c(OC)c1. The quantitative estimate of drug-likeness (QED) is 0.781. The number of benzene rings is 1. The molecule has 0 bridgehead atoms. The van der Waals surface area contributed by atoms with Gasteiger partial charge in [0.1, 0.15) is 6.10 Å². The fraction of sp³-hybridized carbons (Fsp3) is 0.500. The highest BCUT2D eigenvalue weighted by Gasteiger charge is 2.18. The summed E-state index contributed by atoms with van der Waals surface area (Å²) in [5, 5.41) is 0. The molecule has 0 spiro atoms. The monoisotopic (exact) mass is 266 g/mol. The average molecular weight is 266 g/mol. The molecule has 1 aromatic rings. The van der Waals surface area contributed by atoms with Crippen LogP contribution in [-0.4, -0.2) is 39.5 Å². The van der Waals surface area contributed by atoms with Crippen LogP contribution < -0.4 is 9.47 Å². The zero-order valence-corrected chi connectivity index (χ0v) is 11.2. The molecule has 1 aromatic carbocycles. The molecule has 1 aliphatic heterocycles. The van der Waals surface area contributed by atoms with Crippen molar-refractivity contribution in [2.45, 2.75) is 18.9 Å². The van der Waals surface area contributed by atoms with E-state index in [1.54, 1.807) is 25.3 Å². The van der Waals surface area contributed by atoms with Gasteiger partial charge in [0.05, 0.1) is 33.0 Å². The van der Waals surface area contributed by atoms with E-state index in [0.717, 1.165) is 12.8 Å². The highest BCUT2D eigenvalue weighted by molar-refractivity contribution is 5.90. The first-order valence-electron chi connectivity index (χ1n) is 6.25. The minimum Gasteiger partial charge on any atom is -0.493 e. The van der Waals surface area contributed by atoms with Crippen LogP contribution in [0, 0.1) is 0 Å². The van der Waals surface area contributed by atoms with Crippen molar-refractivity contribution in [2.75, 3.05) is 27.4 Å². The Labute approximate surface area is 112 Å². The molecular weight excluding hydrogens is 248 g/mol. The van der Waals surface area contributed by atoms with Crippen molar-refractivity contribution >= 4 is 5.97 Å². The molecule has 0 aliphatic carbocycles. The summed E-state index contributed by atoms with van der Waals surface area (Å²) in [4.78, 5) is 11.4. The molecule has 0 unspecified atom stereocenters. The van der Waals surface area contributed by atoms with Gasteiger partial charge in [0.15, 0.2) is 11.5 Å². The van der Waals surface area contributed by atoms with Crippen LogP contribution in [0.2, 0.25) is 0 Å². The Morgan fingerprint density at radius 1 is 1.21 bits per heavy atom. The number of esters is 1. The van der Waals surface area contributed by atoms with Gasteiger partial charge in [-0.25, -0.2) is 4.79 Å². The van der Waals surface area contributed by atoms with Gasteiger partial charge in [-0.3, -0.25) is 0 Å². The number of hydrogen-bond donors (Lipinski definition) is 0. The Hall–Kier alpha value is -1.75. The molecule has 104 valence electrons. The second kappa shape index (κ2) is 6.43. The second-order valence-corrected chi connectivity index (χ2v) is 4.29. The van der Waals surface area contributed by atoms with Gasteiger partial charge in [-0.05, 0) is 18.2 Å². The average Bonchev–Trinajstić information content (AvgIpc) is 2.48. The van der Waals surface area contributed by atoms with Gasteiger partial charge in [-0.15, -0.1) is 0 Å². The van der Waals surface area contributed by atoms with Crippen molar-refractivity contribution in [1.82, 2.24) is 0 Å². The van der Waals surface area contributed by atoms with Crippen LogP contribution in [0.15, 0.2) is 18.2 Å². The smallest absolute Gasteiger partial charge is 0.337 e. The van der Waals surface area contributed by atoms with Crippen molar-refractivity contribution in [3.63, 3.8) is 0 Å². The van der Waals surface area contributed by atoms with Gasteiger partial charge in [0.2, 0.25) is 0 Å². The van der Waals surface area contributed by atoms with Gasteiger partial charge in [0.25, 0.3) is 0 Å². The van der Waals surface area contributed by atoms with Crippen molar-refractivity contribution in [3.8, 4) is 11.5 Å². The standard InChI is InChI=1S/C14H18O5/c1-16-13-9-10(14(15)17-2)3-4-12(13)19-11-5-7-18-8-6-11/h3-4,9,11H,5-8H2,1-2H3.